The van der Waals surface area contributed by atoms with Crippen LogP contribution in [0.2, 0.25) is 0 Å². The molecule has 3 atom stereocenters. The summed E-state index contributed by atoms with van der Waals surface area (Å²) in [6.07, 6.45) is 7.98. The number of carbonyl (C=O) groups excluding carboxylic acids is 2. The van der Waals surface area contributed by atoms with Crippen LogP contribution < -0.4 is 10.6 Å². The normalized spacial score (nSPS) is 32.7. The van der Waals surface area contributed by atoms with Gasteiger partial charge in [0.1, 0.15) is 0 Å². The number of nitrogens with one attached hydrogen (secondary N) is 2. The SMILES string of the molecule is CSC1CCCC(NC(=O)C2CCC(=O)NC2)C1. The van der Waals surface area contributed by atoms with Crippen molar-refractivity contribution in [3.05, 3.63) is 0 Å². The van der Waals surface area contributed by atoms with Crippen LogP contribution in [-0.4, -0.2) is 35.9 Å². The van der Waals surface area contributed by atoms with Gasteiger partial charge >= 0.3 is 0 Å². The van der Waals surface area contributed by atoms with Crippen molar-refractivity contribution in [2.45, 2.75) is 49.8 Å². The first-order valence-corrected chi connectivity index (χ1v) is 8.07. The Morgan fingerprint density at radius 2 is 2.22 bits per heavy atom. The Labute approximate surface area is 113 Å². The summed E-state index contributed by atoms with van der Waals surface area (Å²) in [6.45, 7) is 0.503. The predicted molar refractivity (Wildman–Crippen MR) is 73.4 cm³/mol. The molecule has 5 heteroatoms. The predicted octanol–water partition coefficient (Wildman–Crippen LogP) is 1.30. The van der Waals surface area contributed by atoms with Crippen molar-refractivity contribution < 1.29 is 9.59 Å². The number of hydrogen-bond donors (Lipinski definition) is 2. The lowest BCUT2D eigenvalue weighted by molar-refractivity contribution is -0.129. The van der Waals surface area contributed by atoms with Gasteiger partial charge in [-0.1, -0.05) is 6.42 Å². The van der Waals surface area contributed by atoms with E-state index >= 15 is 0 Å². The van der Waals surface area contributed by atoms with E-state index in [1.54, 1.807) is 0 Å². The maximum absolute atomic E-state index is 12.1. The minimum atomic E-state index is -0.0302. The molecule has 18 heavy (non-hydrogen) atoms. The molecule has 2 N–H and O–H groups in total. The fraction of sp³-hybridized carbons (Fsp3) is 0.846. The molecule has 0 aromatic carbocycles. The molecule has 1 aliphatic heterocycles. The molecule has 0 spiro atoms. The van der Waals surface area contributed by atoms with Crippen LogP contribution in [0.4, 0.5) is 0 Å². The van der Waals surface area contributed by atoms with Crippen LogP contribution in [0.5, 0.6) is 0 Å². The third kappa shape index (κ3) is 3.64. The van der Waals surface area contributed by atoms with Gasteiger partial charge in [0, 0.05) is 24.3 Å². The van der Waals surface area contributed by atoms with Crippen molar-refractivity contribution in [1.82, 2.24) is 10.6 Å². The molecule has 102 valence electrons. The van der Waals surface area contributed by atoms with E-state index < -0.39 is 0 Å². The van der Waals surface area contributed by atoms with Gasteiger partial charge < -0.3 is 10.6 Å². The van der Waals surface area contributed by atoms with Gasteiger partial charge in [-0.3, -0.25) is 9.59 Å². The topological polar surface area (TPSA) is 58.2 Å². The molecule has 2 rings (SSSR count). The van der Waals surface area contributed by atoms with Crippen LogP contribution in [0.1, 0.15) is 38.5 Å². The smallest absolute Gasteiger partial charge is 0.225 e. The second kappa shape index (κ2) is 6.45. The van der Waals surface area contributed by atoms with E-state index in [0.717, 1.165) is 12.8 Å². The summed E-state index contributed by atoms with van der Waals surface area (Å²) in [4.78, 5) is 23.2. The second-order valence-corrected chi connectivity index (χ2v) is 6.41. The highest BCUT2D eigenvalue weighted by atomic mass is 32.2. The molecule has 2 fully saturated rings. The summed E-state index contributed by atoms with van der Waals surface area (Å²) in [5.41, 5.74) is 0. The third-order valence-corrected chi connectivity index (χ3v) is 5.04. The fourth-order valence-electron chi connectivity index (χ4n) is 2.77. The van der Waals surface area contributed by atoms with Gasteiger partial charge in [0.2, 0.25) is 11.8 Å². The third-order valence-electron chi connectivity index (χ3n) is 3.94. The average Bonchev–Trinajstić information content (AvgIpc) is 2.39. The molecule has 0 aromatic heterocycles. The number of piperidine rings is 1. The minimum absolute atomic E-state index is 0.0302. The lowest BCUT2D eigenvalue weighted by atomic mass is 9.93. The van der Waals surface area contributed by atoms with E-state index in [0.29, 0.717) is 30.7 Å². The molecule has 2 aliphatic rings. The molecule has 3 unspecified atom stereocenters. The first kappa shape index (κ1) is 13.7. The highest BCUT2D eigenvalue weighted by molar-refractivity contribution is 7.99. The monoisotopic (exact) mass is 270 g/mol. The zero-order valence-corrected chi connectivity index (χ0v) is 11.7. The van der Waals surface area contributed by atoms with E-state index in [4.69, 9.17) is 0 Å². The Hall–Kier alpha value is -0.710. The van der Waals surface area contributed by atoms with E-state index in [9.17, 15) is 9.59 Å². The first-order chi connectivity index (χ1) is 8.69. The molecule has 2 amide bonds. The van der Waals surface area contributed by atoms with Crippen LogP contribution >= 0.6 is 11.8 Å². The van der Waals surface area contributed by atoms with Gasteiger partial charge in [-0.05, 0) is 31.9 Å². The quantitative estimate of drug-likeness (QED) is 0.813. The molecule has 1 saturated heterocycles. The van der Waals surface area contributed by atoms with Crippen molar-refractivity contribution in [3.63, 3.8) is 0 Å². The van der Waals surface area contributed by atoms with E-state index in [2.05, 4.69) is 16.9 Å². The Balaban J connectivity index is 1.78. The Bertz CT molecular complexity index is 312. The molecule has 1 saturated carbocycles. The van der Waals surface area contributed by atoms with Crippen molar-refractivity contribution in [1.29, 1.82) is 0 Å². The summed E-state index contributed by atoms with van der Waals surface area (Å²) in [6, 6.07) is 0.335. The maximum atomic E-state index is 12.1. The first-order valence-electron chi connectivity index (χ1n) is 6.79. The summed E-state index contributed by atoms with van der Waals surface area (Å²) in [5, 5.41) is 6.62. The van der Waals surface area contributed by atoms with Crippen molar-refractivity contribution in [2.75, 3.05) is 12.8 Å². The number of rotatable bonds is 3. The fourth-order valence-corrected chi connectivity index (χ4v) is 3.59. The lowest BCUT2D eigenvalue weighted by Crippen LogP contribution is -2.47. The van der Waals surface area contributed by atoms with Crippen LogP contribution in [0.15, 0.2) is 0 Å². The standard InChI is InChI=1S/C13H22N2O2S/c1-18-11-4-2-3-10(7-11)15-13(17)9-5-6-12(16)14-8-9/h9-11H,2-8H2,1H3,(H,14,16)(H,15,17). The van der Waals surface area contributed by atoms with Gasteiger partial charge in [-0.25, -0.2) is 0 Å². The van der Waals surface area contributed by atoms with Gasteiger partial charge in [0.25, 0.3) is 0 Å². The summed E-state index contributed by atoms with van der Waals surface area (Å²) in [5.74, 6) is 0.165. The zero-order valence-electron chi connectivity index (χ0n) is 10.9. The molecule has 1 heterocycles. The second-order valence-electron chi connectivity index (χ2n) is 5.27. The Morgan fingerprint density at radius 1 is 1.39 bits per heavy atom. The van der Waals surface area contributed by atoms with Crippen LogP contribution in [0.3, 0.4) is 0 Å². The highest BCUT2D eigenvalue weighted by Gasteiger charge is 2.28. The number of thioether (sulfide) groups is 1. The van der Waals surface area contributed by atoms with E-state index in [1.165, 1.54) is 12.8 Å². The number of carbonyl (C=O) groups is 2. The van der Waals surface area contributed by atoms with Crippen molar-refractivity contribution >= 4 is 23.6 Å². The Morgan fingerprint density at radius 3 is 2.89 bits per heavy atom. The molecule has 1 aliphatic carbocycles. The zero-order chi connectivity index (χ0) is 13.0. The highest BCUT2D eigenvalue weighted by Crippen LogP contribution is 2.27. The van der Waals surface area contributed by atoms with Gasteiger partial charge in [-0.15, -0.1) is 0 Å². The largest absolute Gasteiger partial charge is 0.355 e. The summed E-state index contributed by atoms with van der Waals surface area (Å²) >= 11 is 1.90. The average molecular weight is 270 g/mol. The molecular formula is C13H22N2O2S. The maximum Gasteiger partial charge on any atom is 0.225 e. The Kier molecular flexibility index (Phi) is 4.92. The van der Waals surface area contributed by atoms with Gasteiger partial charge in [-0.2, -0.15) is 11.8 Å². The minimum Gasteiger partial charge on any atom is -0.355 e. The molecule has 0 bridgehead atoms. The number of hydrogen-bond acceptors (Lipinski definition) is 3. The number of amides is 2. The molecule has 4 nitrogen and oxygen atoms in total. The lowest BCUT2D eigenvalue weighted by Gasteiger charge is -2.30. The van der Waals surface area contributed by atoms with Gasteiger partial charge in [0.05, 0.1) is 5.92 Å². The van der Waals surface area contributed by atoms with Crippen molar-refractivity contribution in [3.8, 4) is 0 Å². The van der Waals surface area contributed by atoms with Crippen LogP contribution in [-0.2, 0) is 9.59 Å². The van der Waals surface area contributed by atoms with Crippen molar-refractivity contribution in [2.24, 2.45) is 5.92 Å². The van der Waals surface area contributed by atoms with Crippen LogP contribution in [0, 0.1) is 5.92 Å². The van der Waals surface area contributed by atoms with E-state index in [-0.39, 0.29) is 17.7 Å². The molecule has 0 aromatic rings. The summed E-state index contributed by atoms with van der Waals surface area (Å²) < 4.78 is 0. The van der Waals surface area contributed by atoms with Crippen LogP contribution in [0.25, 0.3) is 0 Å². The molecule has 0 radical (unpaired) electrons. The van der Waals surface area contributed by atoms with Gasteiger partial charge in [0.15, 0.2) is 0 Å². The summed E-state index contributed by atoms with van der Waals surface area (Å²) in [7, 11) is 0. The molecular weight excluding hydrogens is 248 g/mol. The van der Waals surface area contributed by atoms with E-state index in [1.807, 2.05) is 11.8 Å².